The Morgan fingerprint density at radius 3 is 0.883 bits per heavy atom. The number of benzene rings is 4. The second kappa shape index (κ2) is 25.5. The topological polar surface area (TPSA) is 111 Å². The lowest BCUT2D eigenvalue weighted by Crippen LogP contribution is -2.14. The number of hydrogen-bond acceptors (Lipinski definition) is 16. The molecule has 0 aliphatic carbocycles. The van der Waals surface area contributed by atoms with Crippen LogP contribution < -0.4 is 18.9 Å². The smallest absolute Gasteiger partial charge is 0.153 e. The fourth-order valence-corrected chi connectivity index (χ4v) is 9.99. The van der Waals surface area contributed by atoms with Gasteiger partial charge in [-0.1, -0.05) is 12.1 Å². The van der Waals surface area contributed by atoms with Gasteiger partial charge in [-0.05, 0) is 60.7 Å². The van der Waals surface area contributed by atoms with Crippen molar-refractivity contribution in [1.82, 2.24) is 0 Å². The average Bonchev–Trinajstić information content (AvgIpc) is 3.25. The molecule has 0 saturated carbocycles. The molecule has 0 fully saturated rings. The summed E-state index contributed by atoms with van der Waals surface area (Å²) in [5, 5.41) is 0. The molecule has 6 heterocycles. The second-order valence-electron chi connectivity index (χ2n) is 13.1. The molecule has 16 heteroatoms. The van der Waals surface area contributed by atoms with Gasteiger partial charge < -0.3 is 56.8 Å². The zero-order valence-corrected chi connectivity index (χ0v) is 36.9. The molecule has 10 rings (SSSR count). The molecule has 8 aromatic rings. The number of ether oxygens (including phenoxy) is 12. The van der Waals surface area contributed by atoms with Crippen LogP contribution in [0.5, 0.6) is 23.0 Å². The fourth-order valence-electron chi connectivity index (χ4n) is 5.94. The van der Waals surface area contributed by atoms with Gasteiger partial charge >= 0.3 is 0 Å². The summed E-state index contributed by atoms with van der Waals surface area (Å²) >= 11 is 6.43. The van der Waals surface area contributed by atoms with Crippen LogP contribution in [0.1, 0.15) is 0 Å². The lowest BCUT2D eigenvalue weighted by Gasteiger charge is -2.12. The maximum absolute atomic E-state index is 6.62. The molecule has 0 N–H and O–H groups in total. The molecular weight excluding hydrogens is 849 g/mol. The van der Waals surface area contributed by atoms with Crippen molar-refractivity contribution >= 4 is 82.9 Å². The first-order chi connectivity index (χ1) is 29.8. The van der Waals surface area contributed by atoms with E-state index in [4.69, 9.17) is 56.8 Å². The molecule has 4 aromatic heterocycles. The van der Waals surface area contributed by atoms with Crippen LogP contribution in [-0.4, -0.2) is 132 Å². The number of rotatable bonds is 0. The van der Waals surface area contributed by atoms with Crippen molar-refractivity contribution in [3.05, 3.63) is 72.8 Å². The van der Waals surface area contributed by atoms with Gasteiger partial charge in [0.2, 0.25) is 0 Å². The van der Waals surface area contributed by atoms with E-state index >= 15 is 0 Å². The largest absolute Gasteiger partial charge is 0.490 e. The van der Waals surface area contributed by atoms with Gasteiger partial charge in [0.05, 0.1) is 134 Å². The number of para-hydroxylation sites is 2. The normalized spacial score (nSPS) is 18.0. The van der Waals surface area contributed by atoms with Gasteiger partial charge in [0, 0.05) is 9.40 Å². The minimum Gasteiger partial charge on any atom is -0.490 e. The van der Waals surface area contributed by atoms with Gasteiger partial charge in [0.1, 0.15) is 37.9 Å². The predicted octanol–water partition coefficient (Wildman–Crippen LogP) is 9.03. The van der Waals surface area contributed by atoms with Gasteiger partial charge in [-0.25, -0.2) is 0 Å². The summed E-state index contributed by atoms with van der Waals surface area (Å²) in [7, 11) is 0. The molecule has 2 aliphatic heterocycles. The molecule has 12 bridgehead atoms. The maximum atomic E-state index is 6.62. The van der Waals surface area contributed by atoms with Crippen molar-refractivity contribution in [2.24, 2.45) is 0 Å². The first-order valence-corrected chi connectivity index (χ1v) is 23.5. The van der Waals surface area contributed by atoms with Crippen molar-refractivity contribution in [2.45, 2.75) is 0 Å². The highest BCUT2D eigenvalue weighted by atomic mass is 32.1. The third-order valence-corrected chi connectivity index (χ3v) is 13.0. The molecule has 324 valence electrons. The Labute approximate surface area is 365 Å². The lowest BCUT2D eigenvalue weighted by atomic mass is 10.3. The van der Waals surface area contributed by atoms with E-state index < -0.39 is 0 Å². The molecular formula is C44H52O12S4. The van der Waals surface area contributed by atoms with Crippen LogP contribution in [0.2, 0.25) is 0 Å². The maximum Gasteiger partial charge on any atom is 0.153 e. The van der Waals surface area contributed by atoms with E-state index in [1.54, 1.807) is 45.3 Å². The third kappa shape index (κ3) is 14.4. The molecule has 0 amide bonds. The summed E-state index contributed by atoms with van der Waals surface area (Å²) in [5.41, 5.74) is 0. The summed E-state index contributed by atoms with van der Waals surface area (Å²) in [5.74, 6) is 3.00. The monoisotopic (exact) mass is 900 g/mol. The molecule has 0 radical (unpaired) electrons. The van der Waals surface area contributed by atoms with E-state index in [-0.39, 0.29) is 0 Å². The van der Waals surface area contributed by atoms with Crippen molar-refractivity contribution in [1.29, 1.82) is 0 Å². The van der Waals surface area contributed by atoms with Crippen molar-refractivity contribution in [2.75, 3.05) is 132 Å². The standard InChI is InChI=1S/C44H52O12S4/c1-3-39-43-40(4-1)58-34-8-10-38-36(32-34)54-28-24-50-20-16-46-12-11-45-15-19-49-23-27-53-35-31-33(57-39)7-9-37(35)59-41-5-2-6-42(60-38)44(41)56-30-26-52-22-18-48-14-13-47-17-21-51-25-29-55-43/h1-10,31-32H,11-30H2. The summed E-state index contributed by atoms with van der Waals surface area (Å²) in [6, 6.07) is 25.1. The molecule has 0 saturated heterocycles. The zero-order valence-electron chi connectivity index (χ0n) is 33.6. The quantitative estimate of drug-likeness (QED) is 0.148. The molecule has 2 aliphatic rings. The Bertz CT molecular complexity index is 2080. The van der Waals surface area contributed by atoms with Crippen LogP contribution >= 0.6 is 45.3 Å². The molecule has 60 heavy (non-hydrogen) atoms. The van der Waals surface area contributed by atoms with E-state index in [1.807, 2.05) is 0 Å². The van der Waals surface area contributed by atoms with Crippen molar-refractivity contribution in [3.8, 4) is 23.0 Å². The Morgan fingerprint density at radius 2 is 0.550 bits per heavy atom. The second-order valence-corrected chi connectivity index (χ2v) is 17.5. The lowest BCUT2D eigenvalue weighted by molar-refractivity contribution is -0.00690. The van der Waals surface area contributed by atoms with Gasteiger partial charge in [0.15, 0.2) is 11.5 Å². The number of hydrogen-bond donors (Lipinski definition) is 0. The summed E-state index contributed by atoms with van der Waals surface area (Å²) in [6.45, 7) is 8.59. The molecule has 0 unspecified atom stereocenters. The van der Waals surface area contributed by atoms with Crippen molar-refractivity contribution < 1.29 is 56.8 Å². The Morgan fingerprint density at radius 1 is 0.267 bits per heavy atom. The van der Waals surface area contributed by atoms with Gasteiger partial charge in [-0.3, -0.25) is 0 Å². The molecule has 0 atom stereocenters. The SMILES string of the molecule is c1cc2sc3ccc4sc5cccc6sc7ccc(cc7OCCOCCOCCOCCOCCOc4c3)sc(c1)c2OCCOCCOCCOCCOCCOc56. The highest BCUT2D eigenvalue weighted by molar-refractivity contribution is 7.26. The summed E-state index contributed by atoms with van der Waals surface area (Å²) < 4.78 is 80.3. The summed E-state index contributed by atoms with van der Waals surface area (Å²) in [4.78, 5) is 0. The van der Waals surface area contributed by atoms with E-state index in [0.29, 0.717) is 132 Å². The fraction of sp³-hybridized carbons (Fsp3) is 0.455. The summed E-state index contributed by atoms with van der Waals surface area (Å²) in [6.07, 6.45) is 0. The van der Waals surface area contributed by atoms with Gasteiger partial charge in [0.25, 0.3) is 0 Å². The third-order valence-electron chi connectivity index (χ3n) is 8.76. The highest BCUT2D eigenvalue weighted by Crippen LogP contribution is 2.40. The van der Waals surface area contributed by atoms with Gasteiger partial charge in [-0.2, -0.15) is 0 Å². The van der Waals surface area contributed by atoms with Crippen LogP contribution in [0.3, 0.4) is 0 Å². The van der Waals surface area contributed by atoms with Gasteiger partial charge in [-0.15, -0.1) is 45.3 Å². The Hall–Kier alpha value is -3.36. The molecule has 12 nitrogen and oxygen atoms in total. The highest BCUT2D eigenvalue weighted by Gasteiger charge is 2.11. The van der Waals surface area contributed by atoms with Crippen LogP contribution in [0.25, 0.3) is 37.6 Å². The van der Waals surface area contributed by atoms with E-state index in [2.05, 4.69) is 72.8 Å². The molecule has 4 aromatic carbocycles. The first-order valence-electron chi connectivity index (χ1n) is 20.2. The van der Waals surface area contributed by atoms with Crippen molar-refractivity contribution in [3.63, 3.8) is 0 Å². The van der Waals surface area contributed by atoms with Crippen LogP contribution in [-0.2, 0) is 37.9 Å². The zero-order chi connectivity index (χ0) is 40.9. The van der Waals surface area contributed by atoms with E-state index in [1.165, 1.54) is 0 Å². The van der Waals surface area contributed by atoms with Crippen LogP contribution in [0, 0.1) is 0 Å². The minimum atomic E-state index is 0.344. The predicted molar refractivity (Wildman–Crippen MR) is 241 cm³/mol. The molecule has 0 spiro atoms. The Balaban J connectivity index is 1.41. The van der Waals surface area contributed by atoms with Crippen LogP contribution in [0.15, 0.2) is 72.8 Å². The van der Waals surface area contributed by atoms with Crippen LogP contribution in [0.4, 0.5) is 0 Å². The minimum absolute atomic E-state index is 0.344. The van der Waals surface area contributed by atoms with E-state index in [9.17, 15) is 0 Å². The average molecular weight is 901 g/mol. The Kier molecular flexibility index (Phi) is 19.0. The first kappa shape index (κ1) is 44.7. The van der Waals surface area contributed by atoms with E-state index in [0.717, 1.165) is 60.6 Å².